The summed E-state index contributed by atoms with van der Waals surface area (Å²) in [5.74, 6) is -1.11. The third-order valence-corrected chi connectivity index (χ3v) is 7.99. The highest BCUT2D eigenvalue weighted by atomic mass is 31.2. The summed E-state index contributed by atoms with van der Waals surface area (Å²) in [6.07, 6.45) is 1.16. The van der Waals surface area contributed by atoms with E-state index in [-0.39, 0.29) is 31.5 Å². The Kier molecular flexibility index (Phi) is 11.8. The lowest BCUT2D eigenvalue weighted by atomic mass is 10.1. The normalized spacial score (nSPS) is 14.6. The molecule has 0 rings (SSSR count). The molecule has 0 aromatic heterocycles. The summed E-state index contributed by atoms with van der Waals surface area (Å²) in [5, 5.41) is 8.53. The Bertz CT molecular complexity index is 589. The van der Waals surface area contributed by atoms with Crippen LogP contribution in [0.1, 0.15) is 47.0 Å². The average Bonchev–Trinajstić information content (AvgIpc) is 2.46. The van der Waals surface area contributed by atoms with Crippen LogP contribution in [0, 0.1) is 0 Å². The van der Waals surface area contributed by atoms with Gasteiger partial charge in [0.05, 0.1) is 0 Å². The van der Waals surface area contributed by atoms with Gasteiger partial charge in [-0.25, -0.2) is 0 Å². The summed E-state index contributed by atoms with van der Waals surface area (Å²) in [4.78, 5) is 50.2. The van der Waals surface area contributed by atoms with Crippen molar-refractivity contribution in [2.45, 2.75) is 63.6 Å². The molecule has 0 aromatic carbocycles. The Balaban J connectivity index is 0. The number of nitrogens with one attached hydrogen (secondary N) is 1. The van der Waals surface area contributed by atoms with Crippen molar-refractivity contribution in [3.05, 3.63) is 0 Å². The molecule has 10 N–H and O–H groups in total. The van der Waals surface area contributed by atoms with Crippen LogP contribution in [-0.2, 0) is 13.9 Å². The van der Waals surface area contributed by atoms with E-state index in [4.69, 9.17) is 10.8 Å². The summed E-state index contributed by atoms with van der Waals surface area (Å²) in [6, 6.07) is -0.987. The molecule has 0 heterocycles. The van der Waals surface area contributed by atoms with Crippen molar-refractivity contribution < 1.29 is 44.1 Å². The summed E-state index contributed by atoms with van der Waals surface area (Å²) in [6.45, 7) is 5.97. The van der Waals surface area contributed by atoms with Crippen molar-refractivity contribution >= 4 is 21.2 Å². The van der Waals surface area contributed by atoms with Gasteiger partial charge in [0.25, 0.3) is 0 Å². The topological polar surface area (TPSA) is 225 Å². The second kappa shape index (κ2) is 11.1. The molecular weight excluding hydrogens is 416 g/mol. The van der Waals surface area contributed by atoms with Crippen LogP contribution in [0.5, 0.6) is 0 Å². The van der Waals surface area contributed by atoms with Gasteiger partial charge in [0.2, 0.25) is 0 Å². The van der Waals surface area contributed by atoms with Crippen LogP contribution < -0.4 is 11.1 Å². The molecule has 1 unspecified atom stereocenters. The highest BCUT2D eigenvalue weighted by Crippen LogP contribution is 2.52. The predicted molar refractivity (Wildman–Crippen MR) is 105 cm³/mol. The Labute approximate surface area is 165 Å². The summed E-state index contributed by atoms with van der Waals surface area (Å²) in [5.41, 5.74) is 5.44. The predicted octanol–water partition coefficient (Wildman–Crippen LogP) is -0.537. The molecule has 0 aliphatic carbocycles. The van der Waals surface area contributed by atoms with E-state index in [0.29, 0.717) is 12.8 Å². The minimum Gasteiger partial charge on any atom is -0.480 e. The van der Waals surface area contributed by atoms with E-state index in [1.165, 1.54) is 32.6 Å². The summed E-state index contributed by atoms with van der Waals surface area (Å²) < 4.78 is 23.3. The molecule has 0 amide bonds. The standard InChI is InChI=1S/C14H33N3O8P2.H2O/c1-13(2,26(20,21)22)16-8-10-17(14(3,4)27(23,24)25)9-6-5-7-11(15)12(18)19;/h11,16H,5-10,15H2,1-4H3,(H,18,19)(H2,20,21,22)(H2,23,24,25);1H2. The minimum atomic E-state index is -4.50. The smallest absolute Gasteiger partial charge is 0.345 e. The molecule has 0 bridgehead atoms. The van der Waals surface area contributed by atoms with Gasteiger partial charge in [-0.05, 0) is 47.1 Å². The maximum absolute atomic E-state index is 11.9. The average molecular weight is 451 g/mol. The molecule has 0 aromatic rings. The van der Waals surface area contributed by atoms with Crippen LogP contribution in [0.3, 0.4) is 0 Å². The molecule has 14 heteroatoms. The molecular formula is C14H35N3O9P2. The Morgan fingerprint density at radius 1 is 1.04 bits per heavy atom. The van der Waals surface area contributed by atoms with Gasteiger partial charge in [0.15, 0.2) is 0 Å². The Hall–Kier alpha value is -0.390. The van der Waals surface area contributed by atoms with Crippen LogP contribution in [0.4, 0.5) is 0 Å². The van der Waals surface area contributed by atoms with E-state index in [2.05, 4.69) is 5.32 Å². The molecule has 0 spiro atoms. The number of hydrogen-bond donors (Lipinski definition) is 7. The SMILES string of the molecule is CC(C)(NCCN(CCCCC(N)C(=O)O)C(C)(C)P(=O)(O)O)P(=O)(O)O.O. The molecule has 12 nitrogen and oxygen atoms in total. The lowest BCUT2D eigenvalue weighted by Crippen LogP contribution is -2.49. The fraction of sp³-hybridized carbons (Fsp3) is 0.929. The van der Waals surface area contributed by atoms with E-state index < -0.39 is 37.8 Å². The zero-order valence-electron chi connectivity index (χ0n) is 16.7. The van der Waals surface area contributed by atoms with Gasteiger partial charge in [-0.1, -0.05) is 6.42 Å². The van der Waals surface area contributed by atoms with Crippen LogP contribution in [-0.4, -0.2) is 77.3 Å². The van der Waals surface area contributed by atoms with Gasteiger partial charge in [0, 0.05) is 13.1 Å². The third kappa shape index (κ3) is 8.96. The lowest BCUT2D eigenvalue weighted by molar-refractivity contribution is -0.138. The van der Waals surface area contributed by atoms with Gasteiger partial charge < -0.3 is 41.2 Å². The minimum absolute atomic E-state index is 0. The van der Waals surface area contributed by atoms with Crippen molar-refractivity contribution in [1.29, 1.82) is 0 Å². The number of nitrogens with zero attached hydrogens (tertiary/aromatic N) is 1. The largest absolute Gasteiger partial charge is 0.480 e. The van der Waals surface area contributed by atoms with Gasteiger partial charge in [-0.3, -0.25) is 18.8 Å². The van der Waals surface area contributed by atoms with Crippen molar-refractivity contribution in [3.63, 3.8) is 0 Å². The highest BCUT2D eigenvalue weighted by molar-refractivity contribution is 7.53. The maximum Gasteiger partial charge on any atom is 0.345 e. The molecule has 170 valence electrons. The molecule has 0 fully saturated rings. The number of aliphatic carboxylic acids is 1. The first kappa shape index (κ1) is 29.8. The molecule has 0 aliphatic rings. The van der Waals surface area contributed by atoms with E-state index in [1.807, 2.05) is 0 Å². The van der Waals surface area contributed by atoms with E-state index in [0.717, 1.165) is 0 Å². The van der Waals surface area contributed by atoms with Gasteiger partial charge in [0.1, 0.15) is 16.6 Å². The fourth-order valence-corrected chi connectivity index (χ4v) is 3.12. The molecule has 0 radical (unpaired) electrons. The number of nitrogens with two attached hydrogens (primary N) is 1. The first-order valence-electron chi connectivity index (χ1n) is 8.53. The van der Waals surface area contributed by atoms with Crippen molar-refractivity contribution in [2.24, 2.45) is 5.73 Å². The number of unbranched alkanes of at least 4 members (excludes halogenated alkanes) is 1. The number of carboxylic acids is 1. The third-order valence-electron chi connectivity index (χ3n) is 4.66. The zero-order chi connectivity index (χ0) is 21.7. The van der Waals surface area contributed by atoms with Gasteiger partial charge in [-0.2, -0.15) is 0 Å². The molecule has 0 aliphatic heterocycles. The van der Waals surface area contributed by atoms with Gasteiger partial charge in [-0.15, -0.1) is 0 Å². The highest BCUT2D eigenvalue weighted by Gasteiger charge is 2.43. The maximum atomic E-state index is 11.9. The first-order valence-corrected chi connectivity index (χ1v) is 11.8. The van der Waals surface area contributed by atoms with Crippen LogP contribution >= 0.6 is 15.2 Å². The number of rotatable bonds is 13. The monoisotopic (exact) mass is 451 g/mol. The zero-order valence-corrected chi connectivity index (χ0v) is 18.5. The summed E-state index contributed by atoms with van der Waals surface area (Å²) in [7, 11) is -8.90. The van der Waals surface area contributed by atoms with Crippen molar-refractivity contribution in [3.8, 4) is 0 Å². The fourth-order valence-electron chi connectivity index (χ4n) is 2.23. The number of carboxylic acid groups (broad SMARTS) is 1. The quantitative estimate of drug-likeness (QED) is 0.139. The van der Waals surface area contributed by atoms with Crippen molar-refractivity contribution in [1.82, 2.24) is 10.2 Å². The second-order valence-corrected chi connectivity index (χ2v) is 11.9. The van der Waals surface area contributed by atoms with E-state index >= 15 is 0 Å². The van der Waals surface area contributed by atoms with Crippen LogP contribution in [0.15, 0.2) is 0 Å². The molecule has 28 heavy (non-hydrogen) atoms. The first-order chi connectivity index (χ1) is 11.9. The number of hydrogen-bond acceptors (Lipinski definition) is 6. The Morgan fingerprint density at radius 2 is 1.54 bits per heavy atom. The van der Waals surface area contributed by atoms with Crippen molar-refractivity contribution in [2.75, 3.05) is 19.6 Å². The second-order valence-electron chi connectivity index (χ2n) is 7.50. The van der Waals surface area contributed by atoms with E-state index in [9.17, 15) is 33.5 Å². The van der Waals surface area contributed by atoms with E-state index in [1.54, 1.807) is 0 Å². The molecule has 0 saturated carbocycles. The van der Waals surface area contributed by atoms with Crippen LogP contribution in [0.2, 0.25) is 0 Å². The van der Waals surface area contributed by atoms with Crippen LogP contribution in [0.25, 0.3) is 0 Å². The molecule has 1 atom stereocenters. The lowest BCUT2D eigenvalue weighted by Gasteiger charge is -2.39. The molecule has 0 saturated heterocycles. The number of carbonyl (C=O) groups is 1. The van der Waals surface area contributed by atoms with Gasteiger partial charge >= 0.3 is 21.2 Å². The summed E-state index contributed by atoms with van der Waals surface area (Å²) >= 11 is 0. The Morgan fingerprint density at radius 3 is 1.93 bits per heavy atom.